The van der Waals surface area contributed by atoms with Gasteiger partial charge in [0.05, 0.1) is 7.59 Å². The van der Waals surface area contributed by atoms with Crippen LogP contribution in [0.15, 0.2) is 0 Å². The van der Waals surface area contributed by atoms with Crippen LogP contribution in [0, 0.1) is 0 Å². The molecule has 0 N–H and O–H groups in total. The van der Waals surface area contributed by atoms with Crippen molar-refractivity contribution in [3.05, 3.63) is 0 Å². The Bertz CT molecular complexity index is 134. The van der Waals surface area contributed by atoms with Gasteiger partial charge in [0.1, 0.15) is 0 Å². The van der Waals surface area contributed by atoms with Crippen LogP contribution in [0.25, 0.3) is 0 Å². The summed E-state index contributed by atoms with van der Waals surface area (Å²) in [5.74, 6) is 0. The van der Waals surface area contributed by atoms with E-state index in [0.717, 1.165) is 6.61 Å². The molecule has 0 amide bonds. The number of hydrogen-bond donors (Lipinski definition) is 0. The number of rotatable bonds is 6. The van der Waals surface area contributed by atoms with Gasteiger partial charge in [0.15, 0.2) is 9.28 Å². The predicted molar refractivity (Wildman–Crippen MR) is 69.1 cm³/mol. The monoisotopic (exact) mass is 230 g/mol. The fraction of sp³-hybridized carbons (Fsp3) is 1.00. The molecular weight excluding hydrogens is 204 g/mol. The Hall–Kier alpha value is 0.394. The van der Waals surface area contributed by atoms with E-state index in [4.69, 9.17) is 4.43 Å². The quantitative estimate of drug-likeness (QED) is 0.637. The van der Waals surface area contributed by atoms with Crippen LogP contribution < -0.4 is 0 Å². The second kappa shape index (κ2) is 6.80. The fourth-order valence-electron chi connectivity index (χ4n) is 2.53. The van der Waals surface area contributed by atoms with Gasteiger partial charge in [-0.25, -0.2) is 0 Å². The summed E-state index contributed by atoms with van der Waals surface area (Å²) in [6, 6.07) is 4.80. The van der Waals surface area contributed by atoms with Crippen LogP contribution in [-0.4, -0.2) is 23.5 Å². The summed E-state index contributed by atoms with van der Waals surface area (Å²) in [5.41, 5.74) is 0. The molecule has 14 heavy (non-hydrogen) atoms. The van der Waals surface area contributed by atoms with Crippen LogP contribution in [0.4, 0.5) is 0 Å². The predicted octanol–water partition coefficient (Wildman–Crippen LogP) is 3.04. The maximum atomic E-state index is 5.88. The minimum absolute atomic E-state index is 0.0861. The second-order valence-corrected chi connectivity index (χ2v) is 15.4. The fourth-order valence-corrected chi connectivity index (χ4v) is 12.9. The molecule has 3 heteroatoms. The minimum atomic E-state index is -0.808. The normalized spacial score (nSPS) is 22.7. The Labute approximate surface area is 92.4 Å². The standard InChI is InChI=1S/C11H26OSi2/c1-3-5-9-14(10-6-4-2)11-7-8-12-13-14/h3-11,13H2,1-2H3. The van der Waals surface area contributed by atoms with Crippen LogP contribution in [-0.2, 0) is 4.43 Å². The molecule has 1 aliphatic rings. The highest BCUT2D eigenvalue weighted by Gasteiger charge is 2.34. The van der Waals surface area contributed by atoms with Crippen LogP contribution in [0.3, 0.4) is 0 Å². The summed E-state index contributed by atoms with van der Waals surface area (Å²) in [6.07, 6.45) is 7.11. The molecule has 1 saturated heterocycles. The molecule has 0 spiro atoms. The Morgan fingerprint density at radius 2 is 1.79 bits per heavy atom. The first-order valence-corrected chi connectivity index (χ1v) is 11.9. The van der Waals surface area contributed by atoms with Gasteiger partial charge in [0.2, 0.25) is 0 Å². The lowest BCUT2D eigenvalue weighted by atomic mass is 10.4. The minimum Gasteiger partial charge on any atom is -0.427 e. The van der Waals surface area contributed by atoms with E-state index in [1.54, 1.807) is 18.1 Å². The van der Waals surface area contributed by atoms with Crippen molar-refractivity contribution in [2.24, 2.45) is 0 Å². The van der Waals surface area contributed by atoms with Crippen LogP contribution in [0.2, 0.25) is 18.1 Å². The molecule has 84 valence electrons. The summed E-state index contributed by atoms with van der Waals surface area (Å²) < 4.78 is 5.88. The Morgan fingerprint density at radius 1 is 1.14 bits per heavy atom. The molecule has 1 nitrogen and oxygen atoms in total. The third kappa shape index (κ3) is 3.87. The van der Waals surface area contributed by atoms with Gasteiger partial charge in [0, 0.05) is 6.61 Å². The molecule has 0 bridgehead atoms. The van der Waals surface area contributed by atoms with Crippen molar-refractivity contribution >= 4 is 16.9 Å². The molecule has 0 atom stereocenters. The van der Waals surface area contributed by atoms with Gasteiger partial charge >= 0.3 is 0 Å². The van der Waals surface area contributed by atoms with Crippen LogP contribution >= 0.6 is 0 Å². The van der Waals surface area contributed by atoms with Crippen molar-refractivity contribution in [3.63, 3.8) is 0 Å². The lowest BCUT2D eigenvalue weighted by molar-refractivity contribution is 0.332. The summed E-state index contributed by atoms with van der Waals surface area (Å²) in [7, 11) is -0.894. The zero-order chi connectivity index (χ0) is 10.3. The zero-order valence-electron chi connectivity index (χ0n) is 9.98. The number of unbranched alkanes of at least 4 members (excludes halogenated alkanes) is 2. The molecule has 1 rings (SSSR count). The van der Waals surface area contributed by atoms with Crippen molar-refractivity contribution in [1.29, 1.82) is 0 Å². The Balaban J connectivity index is 2.39. The van der Waals surface area contributed by atoms with E-state index in [2.05, 4.69) is 13.8 Å². The lowest BCUT2D eigenvalue weighted by Crippen LogP contribution is -2.46. The van der Waals surface area contributed by atoms with Gasteiger partial charge in [-0.15, -0.1) is 0 Å². The maximum Gasteiger partial charge on any atom is 0.151 e. The summed E-state index contributed by atoms with van der Waals surface area (Å²) in [6.45, 7) is 5.75. The second-order valence-electron chi connectivity index (χ2n) is 4.86. The molecule has 0 aliphatic carbocycles. The third-order valence-electron chi connectivity index (χ3n) is 3.53. The molecule has 0 unspecified atom stereocenters. The van der Waals surface area contributed by atoms with Crippen molar-refractivity contribution in [1.82, 2.24) is 0 Å². The molecule has 1 aliphatic heterocycles. The van der Waals surface area contributed by atoms with E-state index in [-0.39, 0.29) is 9.28 Å². The van der Waals surface area contributed by atoms with Crippen molar-refractivity contribution in [3.8, 4) is 0 Å². The molecule has 0 aromatic heterocycles. The maximum absolute atomic E-state index is 5.88. The highest BCUT2D eigenvalue weighted by molar-refractivity contribution is 7.22. The topological polar surface area (TPSA) is 9.23 Å². The molecule has 0 aromatic carbocycles. The molecule has 0 radical (unpaired) electrons. The van der Waals surface area contributed by atoms with Crippen molar-refractivity contribution in [2.45, 2.75) is 64.1 Å². The Morgan fingerprint density at radius 3 is 2.21 bits per heavy atom. The van der Waals surface area contributed by atoms with Crippen molar-refractivity contribution in [2.75, 3.05) is 6.61 Å². The first-order valence-electron chi connectivity index (χ1n) is 6.41. The average Bonchev–Trinajstić information content (AvgIpc) is 2.25. The number of hydrogen-bond acceptors (Lipinski definition) is 1. The van der Waals surface area contributed by atoms with Crippen LogP contribution in [0.1, 0.15) is 46.0 Å². The van der Waals surface area contributed by atoms with Gasteiger partial charge < -0.3 is 4.43 Å². The van der Waals surface area contributed by atoms with E-state index < -0.39 is 7.59 Å². The summed E-state index contributed by atoms with van der Waals surface area (Å²) in [4.78, 5) is 0. The highest BCUT2D eigenvalue weighted by Crippen LogP contribution is 2.29. The average molecular weight is 230 g/mol. The van der Waals surface area contributed by atoms with E-state index in [9.17, 15) is 0 Å². The summed E-state index contributed by atoms with van der Waals surface area (Å²) in [5, 5.41) is 0. The van der Waals surface area contributed by atoms with E-state index >= 15 is 0 Å². The molecule has 1 fully saturated rings. The van der Waals surface area contributed by atoms with Gasteiger partial charge in [-0.05, 0) is 6.42 Å². The van der Waals surface area contributed by atoms with E-state index in [1.807, 2.05) is 0 Å². The Kier molecular flexibility index (Phi) is 6.05. The smallest absolute Gasteiger partial charge is 0.151 e. The van der Waals surface area contributed by atoms with E-state index in [1.165, 1.54) is 32.1 Å². The highest BCUT2D eigenvalue weighted by atomic mass is 29.2. The molecular formula is C11H26OSi2. The van der Waals surface area contributed by atoms with Gasteiger partial charge in [-0.2, -0.15) is 0 Å². The van der Waals surface area contributed by atoms with Crippen molar-refractivity contribution < 1.29 is 4.43 Å². The first kappa shape index (κ1) is 12.5. The third-order valence-corrected chi connectivity index (χ3v) is 14.5. The first-order chi connectivity index (χ1) is 6.83. The van der Waals surface area contributed by atoms with Crippen LogP contribution in [0.5, 0.6) is 0 Å². The SMILES string of the molecule is CCCC[Si]1(CCCC)CCCO[SiH2]1. The van der Waals surface area contributed by atoms with Gasteiger partial charge in [-0.1, -0.05) is 57.7 Å². The largest absolute Gasteiger partial charge is 0.427 e. The van der Waals surface area contributed by atoms with E-state index in [0.29, 0.717) is 0 Å². The molecule has 0 saturated carbocycles. The molecule has 0 aromatic rings. The molecule has 1 heterocycles. The van der Waals surface area contributed by atoms with Gasteiger partial charge in [-0.3, -0.25) is 0 Å². The van der Waals surface area contributed by atoms with Gasteiger partial charge in [0.25, 0.3) is 0 Å². The summed E-state index contributed by atoms with van der Waals surface area (Å²) >= 11 is 0. The lowest BCUT2D eigenvalue weighted by Gasteiger charge is -2.34. The zero-order valence-corrected chi connectivity index (χ0v) is 12.4.